The van der Waals surface area contributed by atoms with Crippen LogP contribution in [-0.4, -0.2) is 69.3 Å². The molecule has 28 heavy (non-hydrogen) atoms. The van der Waals surface area contributed by atoms with Crippen LogP contribution in [0.25, 0.3) is 6.08 Å². The smallest absolute Gasteiger partial charge is 0.237 e. The Morgan fingerprint density at radius 1 is 1.39 bits per heavy atom. The SMILES string of the molecule is CCOCCCNC(=O)CC1C(=O)NCCN1CC=Cc1ccccc1OC. The third kappa shape index (κ3) is 6.98. The first-order valence-electron chi connectivity index (χ1n) is 9.81. The first kappa shape index (κ1) is 21.9. The van der Waals surface area contributed by atoms with E-state index in [1.165, 1.54) is 0 Å². The Balaban J connectivity index is 1.88. The maximum Gasteiger partial charge on any atom is 0.237 e. The maximum absolute atomic E-state index is 12.3. The molecular formula is C21H31N3O4. The van der Waals surface area contributed by atoms with E-state index in [2.05, 4.69) is 10.6 Å². The van der Waals surface area contributed by atoms with Crippen molar-refractivity contribution in [2.75, 3.05) is 46.5 Å². The molecule has 1 aliphatic heterocycles. The van der Waals surface area contributed by atoms with E-state index < -0.39 is 6.04 Å². The van der Waals surface area contributed by atoms with Gasteiger partial charge < -0.3 is 20.1 Å². The monoisotopic (exact) mass is 389 g/mol. The average Bonchev–Trinajstić information content (AvgIpc) is 2.70. The number of methoxy groups -OCH3 is 1. The molecule has 0 radical (unpaired) electrons. The molecule has 7 heteroatoms. The van der Waals surface area contributed by atoms with Crippen LogP contribution in [0.15, 0.2) is 30.3 Å². The van der Waals surface area contributed by atoms with Crippen molar-refractivity contribution in [2.45, 2.75) is 25.8 Å². The Morgan fingerprint density at radius 2 is 2.21 bits per heavy atom. The zero-order chi connectivity index (χ0) is 20.2. The van der Waals surface area contributed by atoms with E-state index in [0.29, 0.717) is 39.4 Å². The zero-order valence-electron chi connectivity index (χ0n) is 16.8. The molecule has 1 atom stereocenters. The van der Waals surface area contributed by atoms with E-state index in [1.807, 2.05) is 48.2 Å². The largest absolute Gasteiger partial charge is 0.496 e. The van der Waals surface area contributed by atoms with Crippen LogP contribution in [-0.2, 0) is 14.3 Å². The normalized spacial score (nSPS) is 17.5. The summed E-state index contributed by atoms with van der Waals surface area (Å²) in [7, 11) is 1.64. The van der Waals surface area contributed by atoms with Crippen molar-refractivity contribution in [3.63, 3.8) is 0 Å². The van der Waals surface area contributed by atoms with E-state index in [9.17, 15) is 9.59 Å². The first-order chi connectivity index (χ1) is 13.7. The Hall–Kier alpha value is -2.38. The van der Waals surface area contributed by atoms with Gasteiger partial charge in [-0.2, -0.15) is 0 Å². The van der Waals surface area contributed by atoms with Crippen LogP contribution in [0.1, 0.15) is 25.3 Å². The van der Waals surface area contributed by atoms with Gasteiger partial charge in [0, 0.05) is 45.0 Å². The molecule has 1 saturated heterocycles. The molecule has 1 unspecified atom stereocenters. The van der Waals surface area contributed by atoms with Crippen LogP contribution in [0.2, 0.25) is 0 Å². The molecule has 1 aromatic carbocycles. The van der Waals surface area contributed by atoms with Crippen LogP contribution >= 0.6 is 0 Å². The second kappa shape index (κ2) is 12.2. The highest BCUT2D eigenvalue weighted by atomic mass is 16.5. The maximum atomic E-state index is 12.3. The van der Waals surface area contributed by atoms with Crippen LogP contribution < -0.4 is 15.4 Å². The average molecular weight is 389 g/mol. The summed E-state index contributed by atoms with van der Waals surface area (Å²) >= 11 is 0. The summed E-state index contributed by atoms with van der Waals surface area (Å²) < 4.78 is 10.6. The summed E-state index contributed by atoms with van der Waals surface area (Å²) in [5.41, 5.74) is 0.982. The van der Waals surface area contributed by atoms with Crippen molar-refractivity contribution in [1.82, 2.24) is 15.5 Å². The van der Waals surface area contributed by atoms with Gasteiger partial charge in [0.2, 0.25) is 11.8 Å². The highest BCUT2D eigenvalue weighted by Crippen LogP contribution is 2.19. The number of hydrogen-bond acceptors (Lipinski definition) is 5. The number of nitrogens with one attached hydrogen (secondary N) is 2. The lowest BCUT2D eigenvalue weighted by Crippen LogP contribution is -2.56. The summed E-state index contributed by atoms with van der Waals surface area (Å²) in [5, 5.41) is 5.72. The molecule has 2 N–H and O–H groups in total. The first-order valence-corrected chi connectivity index (χ1v) is 9.81. The van der Waals surface area contributed by atoms with E-state index in [1.54, 1.807) is 7.11 Å². The lowest BCUT2D eigenvalue weighted by atomic mass is 10.1. The summed E-state index contributed by atoms with van der Waals surface area (Å²) in [6.45, 7) is 5.69. The number of piperazine rings is 1. The number of ether oxygens (including phenoxy) is 2. The lowest BCUT2D eigenvalue weighted by Gasteiger charge is -2.33. The van der Waals surface area contributed by atoms with Crippen LogP contribution in [0, 0.1) is 0 Å². The topological polar surface area (TPSA) is 79.9 Å². The minimum Gasteiger partial charge on any atom is -0.496 e. The number of benzene rings is 1. The molecule has 0 aliphatic carbocycles. The lowest BCUT2D eigenvalue weighted by molar-refractivity contribution is -0.133. The molecule has 0 saturated carbocycles. The van der Waals surface area contributed by atoms with E-state index in [4.69, 9.17) is 9.47 Å². The van der Waals surface area contributed by atoms with E-state index in [-0.39, 0.29) is 18.2 Å². The number of nitrogens with zero attached hydrogens (tertiary/aromatic N) is 1. The van der Waals surface area contributed by atoms with Gasteiger partial charge in [-0.15, -0.1) is 0 Å². The van der Waals surface area contributed by atoms with Gasteiger partial charge in [0.25, 0.3) is 0 Å². The second-order valence-corrected chi connectivity index (χ2v) is 6.55. The molecule has 1 aromatic rings. The number of amides is 2. The molecule has 0 spiro atoms. The minimum atomic E-state index is -0.456. The van der Waals surface area contributed by atoms with Gasteiger partial charge in [-0.3, -0.25) is 14.5 Å². The number of carbonyl (C=O) groups excluding carboxylic acids is 2. The number of carbonyl (C=O) groups is 2. The van der Waals surface area contributed by atoms with Gasteiger partial charge in [-0.25, -0.2) is 0 Å². The van der Waals surface area contributed by atoms with Gasteiger partial charge in [-0.1, -0.05) is 30.4 Å². The van der Waals surface area contributed by atoms with Crippen molar-refractivity contribution in [2.24, 2.45) is 0 Å². The fraction of sp³-hybridized carbons (Fsp3) is 0.524. The second-order valence-electron chi connectivity index (χ2n) is 6.55. The van der Waals surface area contributed by atoms with Crippen LogP contribution in [0.4, 0.5) is 0 Å². The van der Waals surface area contributed by atoms with Crippen molar-refractivity contribution in [3.8, 4) is 5.75 Å². The molecule has 154 valence electrons. The van der Waals surface area contributed by atoms with Crippen LogP contribution in [0.3, 0.4) is 0 Å². The Morgan fingerprint density at radius 3 is 3.00 bits per heavy atom. The molecule has 7 nitrogen and oxygen atoms in total. The molecule has 0 aromatic heterocycles. The van der Waals surface area contributed by atoms with E-state index >= 15 is 0 Å². The predicted molar refractivity (Wildman–Crippen MR) is 109 cm³/mol. The third-order valence-electron chi connectivity index (χ3n) is 4.59. The minimum absolute atomic E-state index is 0.0959. The Kier molecular flexibility index (Phi) is 9.51. The molecule has 1 fully saturated rings. The van der Waals surface area contributed by atoms with Crippen LogP contribution in [0.5, 0.6) is 5.75 Å². The summed E-state index contributed by atoms with van der Waals surface area (Å²) in [4.78, 5) is 26.5. The number of hydrogen-bond donors (Lipinski definition) is 2. The van der Waals surface area contributed by atoms with Crippen molar-refractivity contribution >= 4 is 17.9 Å². The Labute approximate surface area is 167 Å². The van der Waals surface area contributed by atoms with Crippen molar-refractivity contribution in [1.29, 1.82) is 0 Å². The molecule has 0 bridgehead atoms. The van der Waals surface area contributed by atoms with Gasteiger partial charge in [0.1, 0.15) is 5.75 Å². The molecule has 2 rings (SSSR count). The zero-order valence-corrected chi connectivity index (χ0v) is 16.8. The Bertz CT molecular complexity index is 663. The van der Waals surface area contributed by atoms with Gasteiger partial charge >= 0.3 is 0 Å². The standard InChI is InChI=1S/C21H31N3O4/c1-3-28-15-7-11-22-20(25)16-18-21(26)23-12-14-24(18)13-6-9-17-8-4-5-10-19(17)27-2/h4-6,8-10,18H,3,7,11-16H2,1-2H3,(H,22,25)(H,23,26). The van der Waals surface area contributed by atoms with Crippen molar-refractivity contribution < 1.29 is 19.1 Å². The highest BCUT2D eigenvalue weighted by molar-refractivity contribution is 5.88. The summed E-state index contributed by atoms with van der Waals surface area (Å²) in [6.07, 6.45) is 4.91. The molecule has 2 amide bonds. The summed E-state index contributed by atoms with van der Waals surface area (Å²) in [5.74, 6) is 0.594. The van der Waals surface area contributed by atoms with Gasteiger partial charge in [-0.05, 0) is 19.4 Å². The fourth-order valence-corrected chi connectivity index (χ4v) is 3.12. The number of rotatable bonds is 11. The highest BCUT2D eigenvalue weighted by Gasteiger charge is 2.30. The predicted octanol–water partition coefficient (Wildman–Crippen LogP) is 1.44. The van der Waals surface area contributed by atoms with Crippen molar-refractivity contribution in [3.05, 3.63) is 35.9 Å². The van der Waals surface area contributed by atoms with Gasteiger partial charge in [0.05, 0.1) is 19.6 Å². The molecular weight excluding hydrogens is 358 g/mol. The number of para-hydroxylation sites is 1. The summed E-state index contributed by atoms with van der Waals surface area (Å²) in [6, 6.07) is 7.31. The van der Waals surface area contributed by atoms with E-state index in [0.717, 1.165) is 17.7 Å². The van der Waals surface area contributed by atoms with Gasteiger partial charge in [0.15, 0.2) is 0 Å². The molecule has 1 aliphatic rings. The molecule has 1 heterocycles. The quantitative estimate of drug-likeness (QED) is 0.560. The third-order valence-corrected chi connectivity index (χ3v) is 4.59. The fourth-order valence-electron chi connectivity index (χ4n) is 3.12.